The number of carboxylic acids is 1. The lowest BCUT2D eigenvalue weighted by Gasteiger charge is -2.19. The molecule has 0 aliphatic carbocycles. The van der Waals surface area contributed by atoms with E-state index in [0.717, 1.165) is 12.1 Å². The Balaban J connectivity index is 2.06. The van der Waals surface area contributed by atoms with Gasteiger partial charge in [-0.25, -0.2) is 18.4 Å². The molecule has 0 spiro atoms. The molecule has 162 valence electrons. The van der Waals surface area contributed by atoms with Crippen molar-refractivity contribution in [2.45, 2.75) is 39.2 Å². The number of rotatable bonds is 7. The van der Waals surface area contributed by atoms with Crippen LogP contribution in [0.4, 0.5) is 13.6 Å². The topological polar surface area (TPSA) is 84.9 Å². The molecular weight excluding hydrogens is 420 g/mol. The van der Waals surface area contributed by atoms with Crippen molar-refractivity contribution >= 4 is 23.7 Å². The number of hydrogen-bond donors (Lipinski definition) is 2. The molecule has 0 heterocycles. The molecule has 2 aromatic carbocycles. The number of carbonyl (C=O) groups excluding carboxylic acids is 1. The zero-order chi connectivity index (χ0) is 22.5. The Morgan fingerprint density at radius 3 is 2.50 bits per heavy atom. The van der Waals surface area contributed by atoms with Crippen molar-refractivity contribution in [3.8, 4) is 11.5 Å². The van der Waals surface area contributed by atoms with Crippen LogP contribution < -0.4 is 10.1 Å². The number of amides is 1. The molecule has 0 saturated carbocycles. The molecule has 0 atom stereocenters. The first-order chi connectivity index (χ1) is 14.0. The van der Waals surface area contributed by atoms with E-state index in [1.165, 1.54) is 18.2 Å². The summed E-state index contributed by atoms with van der Waals surface area (Å²) >= 11 is 6.02. The summed E-state index contributed by atoms with van der Waals surface area (Å²) < 4.78 is 38.9. The zero-order valence-corrected chi connectivity index (χ0v) is 17.5. The van der Waals surface area contributed by atoms with Crippen molar-refractivity contribution in [1.29, 1.82) is 0 Å². The van der Waals surface area contributed by atoms with E-state index in [0.29, 0.717) is 12.0 Å². The molecule has 0 saturated heterocycles. The number of carbonyl (C=O) groups is 2. The summed E-state index contributed by atoms with van der Waals surface area (Å²) in [7, 11) is 0. The van der Waals surface area contributed by atoms with Gasteiger partial charge in [0.2, 0.25) is 0 Å². The highest BCUT2D eigenvalue weighted by atomic mass is 35.5. The molecular formula is C21H22ClF2NO5. The fourth-order valence-corrected chi connectivity index (χ4v) is 2.68. The van der Waals surface area contributed by atoms with Crippen molar-refractivity contribution in [3.63, 3.8) is 0 Å². The van der Waals surface area contributed by atoms with Crippen molar-refractivity contribution in [3.05, 3.63) is 58.1 Å². The van der Waals surface area contributed by atoms with Crippen molar-refractivity contribution in [2.75, 3.05) is 6.54 Å². The Morgan fingerprint density at radius 1 is 1.17 bits per heavy atom. The lowest BCUT2D eigenvalue weighted by molar-refractivity contribution is 0.0526. The molecule has 2 aromatic rings. The van der Waals surface area contributed by atoms with E-state index in [9.17, 15) is 18.4 Å². The van der Waals surface area contributed by atoms with E-state index in [1.54, 1.807) is 20.8 Å². The zero-order valence-electron chi connectivity index (χ0n) is 16.7. The van der Waals surface area contributed by atoms with Gasteiger partial charge < -0.3 is 19.9 Å². The van der Waals surface area contributed by atoms with Crippen LogP contribution in [0.25, 0.3) is 0 Å². The minimum atomic E-state index is -1.48. The van der Waals surface area contributed by atoms with Crippen LogP contribution >= 0.6 is 11.6 Å². The van der Waals surface area contributed by atoms with Gasteiger partial charge in [-0.2, -0.15) is 0 Å². The summed E-state index contributed by atoms with van der Waals surface area (Å²) in [6, 6.07) is 5.97. The number of aryl methyl sites for hydroxylation is 1. The lowest BCUT2D eigenvalue weighted by atomic mass is 10.1. The Hall–Kier alpha value is -2.87. The molecule has 2 N–H and O–H groups in total. The molecule has 0 aromatic heterocycles. The average Bonchev–Trinajstić information content (AvgIpc) is 2.63. The maximum Gasteiger partial charge on any atom is 0.407 e. The van der Waals surface area contributed by atoms with E-state index in [4.69, 9.17) is 26.2 Å². The maximum atomic E-state index is 14.9. The third kappa shape index (κ3) is 6.59. The van der Waals surface area contributed by atoms with E-state index in [1.807, 2.05) is 0 Å². The molecule has 0 radical (unpaired) electrons. The maximum absolute atomic E-state index is 14.9. The van der Waals surface area contributed by atoms with Crippen LogP contribution in [0.5, 0.6) is 11.5 Å². The number of ether oxygens (including phenoxy) is 2. The molecule has 0 fully saturated rings. The largest absolute Gasteiger partial charge is 0.478 e. The number of benzene rings is 2. The fraction of sp³-hybridized carbons (Fsp3) is 0.333. The summed E-state index contributed by atoms with van der Waals surface area (Å²) in [5.41, 5.74) is -0.922. The summed E-state index contributed by atoms with van der Waals surface area (Å²) in [6.45, 7) is 5.51. The minimum absolute atomic E-state index is 0.0238. The first-order valence-electron chi connectivity index (χ1n) is 9.12. The Morgan fingerprint density at radius 2 is 1.87 bits per heavy atom. The van der Waals surface area contributed by atoms with Gasteiger partial charge in [-0.1, -0.05) is 17.7 Å². The van der Waals surface area contributed by atoms with Gasteiger partial charge in [-0.05, 0) is 63.4 Å². The standard InChI is InChI=1S/C21H22ClF2NO5/c1-21(2,3)30-20(28)25-10-4-5-12-6-8-15(22)18(17(12)24)29-13-7-9-16(23)14(11-13)19(26)27/h6-9,11H,4-5,10H2,1-3H3,(H,25,28)(H,26,27). The van der Waals surface area contributed by atoms with Crippen molar-refractivity contribution in [1.82, 2.24) is 5.32 Å². The van der Waals surface area contributed by atoms with E-state index in [2.05, 4.69) is 5.32 Å². The van der Waals surface area contributed by atoms with Gasteiger partial charge in [0.25, 0.3) is 0 Å². The first kappa shape index (κ1) is 23.4. The van der Waals surface area contributed by atoms with Gasteiger partial charge in [0.05, 0.1) is 10.6 Å². The van der Waals surface area contributed by atoms with Gasteiger partial charge in [-0.3, -0.25) is 0 Å². The van der Waals surface area contributed by atoms with Gasteiger partial charge >= 0.3 is 12.1 Å². The molecule has 6 nitrogen and oxygen atoms in total. The quantitative estimate of drug-likeness (QED) is 0.549. The van der Waals surface area contributed by atoms with Crippen LogP contribution in [0, 0.1) is 11.6 Å². The van der Waals surface area contributed by atoms with Crippen LogP contribution in [-0.2, 0) is 11.2 Å². The third-order valence-corrected chi connectivity index (χ3v) is 4.11. The summed E-state index contributed by atoms with van der Waals surface area (Å²) in [5, 5.41) is 11.6. The number of halogens is 3. The molecule has 30 heavy (non-hydrogen) atoms. The molecule has 0 bridgehead atoms. The van der Waals surface area contributed by atoms with Gasteiger partial charge in [0.1, 0.15) is 17.2 Å². The van der Waals surface area contributed by atoms with Crippen LogP contribution in [0.3, 0.4) is 0 Å². The highest BCUT2D eigenvalue weighted by Gasteiger charge is 2.18. The van der Waals surface area contributed by atoms with E-state index < -0.39 is 34.9 Å². The smallest absolute Gasteiger partial charge is 0.407 e. The second-order valence-corrected chi connectivity index (χ2v) is 7.84. The highest BCUT2D eigenvalue weighted by Crippen LogP contribution is 2.35. The predicted molar refractivity (Wildman–Crippen MR) is 107 cm³/mol. The predicted octanol–water partition coefficient (Wildman–Crippen LogP) is 5.57. The monoisotopic (exact) mass is 441 g/mol. The second-order valence-electron chi connectivity index (χ2n) is 7.43. The van der Waals surface area contributed by atoms with Crippen molar-refractivity contribution in [2.24, 2.45) is 0 Å². The van der Waals surface area contributed by atoms with Crippen molar-refractivity contribution < 1.29 is 33.0 Å². The summed E-state index contributed by atoms with van der Waals surface area (Å²) in [4.78, 5) is 22.7. The van der Waals surface area contributed by atoms with Crippen LogP contribution in [0.1, 0.15) is 43.1 Å². The number of carboxylic acid groups (broad SMARTS) is 1. The SMILES string of the molecule is CC(C)(C)OC(=O)NCCCc1ccc(Cl)c(Oc2ccc(F)c(C(=O)O)c2)c1F. The van der Waals surface area contributed by atoms with E-state index >= 15 is 0 Å². The summed E-state index contributed by atoms with van der Waals surface area (Å²) in [5.74, 6) is -3.50. The minimum Gasteiger partial charge on any atom is -0.478 e. The molecule has 2 rings (SSSR count). The first-order valence-corrected chi connectivity index (χ1v) is 9.50. The van der Waals surface area contributed by atoms with Crippen LogP contribution in [0.15, 0.2) is 30.3 Å². The Kier molecular flexibility index (Phi) is 7.61. The molecule has 9 heteroatoms. The van der Waals surface area contributed by atoms with Gasteiger partial charge in [0, 0.05) is 6.54 Å². The normalized spacial score (nSPS) is 11.1. The van der Waals surface area contributed by atoms with Crippen LogP contribution in [-0.4, -0.2) is 29.3 Å². The van der Waals surface area contributed by atoms with Crippen LogP contribution in [0.2, 0.25) is 5.02 Å². The molecule has 1 amide bonds. The highest BCUT2D eigenvalue weighted by molar-refractivity contribution is 6.32. The number of nitrogens with one attached hydrogen (secondary N) is 1. The Labute approximate surface area is 177 Å². The Bertz CT molecular complexity index is 944. The number of hydrogen-bond acceptors (Lipinski definition) is 4. The number of alkyl carbamates (subject to hydrolysis) is 1. The fourth-order valence-electron chi connectivity index (χ4n) is 2.49. The summed E-state index contributed by atoms with van der Waals surface area (Å²) in [6.07, 6.45) is 0.143. The second kappa shape index (κ2) is 9.75. The van der Waals surface area contributed by atoms with Gasteiger partial charge in [0.15, 0.2) is 11.6 Å². The third-order valence-electron chi connectivity index (χ3n) is 3.81. The number of aromatic carboxylic acids is 1. The van der Waals surface area contributed by atoms with E-state index in [-0.39, 0.29) is 29.5 Å². The van der Waals surface area contributed by atoms with Gasteiger partial charge in [-0.15, -0.1) is 0 Å². The molecule has 0 aliphatic rings. The molecule has 0 aliphatic heterocycles. The average molecular weight is 442 g/mol. The lowest BCUT2D eigenvalue weighted by Crippen LogP contribution is -2.33. The molecule has 0 unspecified atom stereocenters.